The van der Waals surface area contributed by atoms with E-state index in [1.165, 1.54) is 0 Å². The van der Waals surface area contributed by atoms with E-state index in [1.807, 2.05) is 0 Å². The van der Waals surface area contributed by atoms with Crippen molar-refractivity contribution >= 4 is 29.2 Å². The second-order valence-corrected chi connectivity index (χ2v) is 6.08. The highest BCUT2D eigenvalue weighted by Crippen LogP contribution is 2.21. The van der Waals surface area contributed by atoms with Gasteiger partial charge in [-0.15, -0.1) is 0 Å². The van der Waals surface area contributed by atoms with Crippen LogP contribution in [0.1, 0.15) is 23.7 Å². The molecule has 29 heavy (non-hydrogen) atoms. The molecule has 0 fully saturated rings. The molecular formula is C19H18FN3O6. The molecule has 2 N–H and O–H groups in total. The van der Waals surface area contributed by atoms with Crippen LogP contribution in [-0.4, -0.2) is 35.4 Å². The zero-order valence-electron chi connectivity index (χ0n) is 15.4. The van der Waals surface area contributed by atoms with Crippen LogP contribution >= 0.6 is 0 Å². The van der Waals surface area contributed by atoms with E-state index in [0.29, 0.717) is 5.56 Å². The summed E-state index contributed by atoms with van der Waals surface area (Å²) >= 11 is 0. The van der Waals surface area contributed by atoms with Crippen LogP contribution in [-0.2, 0) is 14.3 Å². The molecule has 2 amide bonds. The van der Waals surface area contributed by atoms with Crippen molar-refractivity contribution in [3.63, 3.8) is 0 Å². The number of esters is 1. The van der Waals surface area contributed by atoms with Crippen LogP contribution in [0.15, 0.2) is 48.5 Å². The highest BCUT2D eigenvalue weighted by atomic mass is 19.1. The fraction of sp³-hybridized carbons (Fsp3) is 0.211. The van der Waals surface area contributed by atoms with Crippen LogP contribution in [0.25, 0.3) is 0 Å². The Hall–Kier alpha value is -3.82. The van der Waals surface area contributed by atoms with Gasteiger partial charge < -0.3 is 15.4 Å². The van der Waals surface area contributed by atoms with Gasteiger partial charge in [0.15, 0.2) is 6.61 Å². The Morgan fingerprint density at radius 2 is 1.86 bits per heavy atom. The summed E-state index contributed by atoms with van der Waals surface area (Å²) in [6, 6.07) is 10.8. The number of rotatable bonds is 8. The number of amides is 2. The van der Waals surface area contributed by atoms with Gasteiger partial charge in [0.05, 0.1) is 11.3 Å². The highest BCUT2D eigenvalue weighted by Gasteiger charge is 2.17. The topological polar surface area (TPSA) is 128 Å². The van der Waals surface area contributed by atoms with Crippen molar-refractivity contribution < 1.29 is 28.4 Å². The van der Waals surface area contributed by atoms with Crippen LogP contribution in [0.5, 0.6) is 0 Å². The first-order valence-electron chi connectivity index (χ1n) is 8.51. The van der Waals surface area contributed by atoms with Crippen molar-refractivity contribution in [1.29, 1.82) is 0 Å². The van der Waals surface area contributed by atoms with E-state index in [9.17, 15) is 28.9 Å². The molecule has 0 aromatic heterocycles. The molecule has 0 spiro atoms. The summed E-state index contributed by atoms with van der Waals surface area (Å²) < 4.78 is 18.1. The third kappa shape index (κ3) is 6.69. The lowest BCUT2D eigenvalue weighted by Crippen LogP contribution is -2.35. The Morgan fingerprint density at radius 1 is 1.17 bits per heavy atom. The van der Waals surface area contributed by atoms with E-state index in [-0.39, 0.29) is 18.0 Å². The molecular weight excluding hydrogens is 385 g/mol. The molecule has 0 bridgehead atoms. The van der Waals surface area contributed by atoms with Gasteiger partial charge in [0.1, 0.15) is 0 Å². The van der Waals surface area contributed by atoms with E-state index in [4.69, 9.17) is 4.74 Å². The lowest BCUT2D eigenvalue weighted by molar-refractivity contribution is -0.387. The number of carbonyl (C=O) groups excluding carboxylic acids is 3. The maximum atomic E-state index is 13.3. The van der Waals surface area contributed by atoms with Crippen LogP contribution < -0.4 is 10.6 Å². The van der Waals surface area contributed by atoms with Gasteiger partial charge in [-0.1, -0.05) is 18.2 Å². The molecule has 1 atom stereocenters. The third-order valence-corrected chi connectivity index (χ3v) is 3.68. The molecule has 0 aliphatic heterocycles. The minimum Gasteiger partial charge on any atom is -0.455 e. The average molecular weight is 403 g/mol. The molecule has 0 saturated heterocycles. The van der Waals surface area contributed by atoms with Crippen LogP contribution in [0.4, 0.5) is 15.8 Å². The Kier molecular flexibility index (Phi) is 7.35. The maximum absolute atomic E-state index is 13.3. The van der Waals surface area contributed by atoms with Gasteiger partial charge in [0, 0.05) is 23.4 Å². The van der Waals surface area contributed by atoms with Gasteiger partial charge in [0.2, 0.25) is 5.82 Å². The smallest absolute Gasteiger partial charge is 0.308 e. The molecule has 152 valence electrons. The number of benzene rings is 2. The number of carbonyl (C=O) groups is 3. The number of hydrogen-bond acceptors (Lipinski definition) is 6. The van der Waals surface area contributed by atoms with E-state index in [2.05, 4.69) is 10.6 Å². The number of nitrogens with zero attached hydrogens (tertiary/aromatic N) is 1. The van der Waals surface area contributed by atoms with Gasteiger partial charge in [-0.3, -0.25) is 24.5 Å². The molecule has 9 nitrogen and oxygen atoms in total. The SMILES string of the molecule is CC(CC(=O)OCC(=O)Nc1ccc(F)c([N+](=O)[O-])c1)NC(=O)c1ccccc1. The van der Waals surface area contributed by atoms with Gasteiger partial charge in [-0.05, 0) is 31.2 Å². The Balaban J connectivity index is 1.78. The van der Waals surface area contributed by atoms with Gasteiger partial charge in [0.25, 0.3) is 11.8 Å². The predicted molar refractivity (Wildman–Crippen MR) is 101 cm³/mol. The monoisotopic (exact) mass is 403 g/mol. The first-order valence-corrected chi connectivity index (χ1v) is 8.51. The predicted octanol–water partition coefficient (Wildman–Crippen LogP) is 2.42. The minimum absolute atomic E-state index is 0.0114. The quantitative estimate of drug-likeness (QED) is 0.396. The van der Waals surface area contributed by atoms with Crippen molar-refractivity contribution in [3.8, 4) is 0 Å². The summed E-state index contributed by atoms with van der Waals surface area (Å²) in [7, 11) is 0. The summed E-state index contributed by atoms with van der Waals surface area (Å²) in [5, 5.41) is 15.6. The number of nitro groups is 1. The second kappa shape index (κ2) is 9.93. The van der Waals surface area contributed by atoms with E-state index < -0.39 is 41.0 Å². The first kappa shape index (κ1) is 21.5. The van der Waals surface area contributed by atoms with Gasteiger partial charge in [-0.25, -0.2) is 0 Å². The fourth-order valence-corrected chi connectivity index (χ4v) is 2.33. The molecule has 0 saturated carbocycles. The zero-order valence-corrected chi connectivity index (χ0v) is 15.4. The van der Waals surface area contributed by atoms with Crippen LogP contribution in [0.2, 0.25) is 0 Å². The van der Waals surface area contributed by atoms with E-state index in [0.717, 1.165) is 18.2 Å². The maximum Gasteiger partial charge on any atom is 0.308 e. The second-order valence-electron chi connectivity index (χ2n) is 6.08. The summed E-state index contributed by atoms with van der Waals surface area (Å²) in [5.74, 6) is -2.85. The Morgan fingerprint density at radius 3 is 2.52 bits per heavy atom. The van der Waals surface area contributed by atoms with Crippen molar-refractivity contribution in [2.75, 3.05) is 11.9 Å². The van der Waals surface area contributed by atoms with Crippen molar-refractivity contribution in [2.45, 2.75) is 19.4 Å². The number of hydrogen-bond donors (Lipinski definition) is 2. The number of anilines is 1. The standard InChI is InChI=1S/C19H18FN3O6/c1-12(21-19(26)13-5-3-2-4-6-13)9-18(25)29-11-17(24)22-14-7-8-15(20)16(10-14)23(27)28/h2-8,10,12H,9,11H2,1H3,(H,21,26)(H,22,24). The molecule has 2 rings (SSSR count). The summed E-state index contributed by atoms with van der Waals surface area (Å²) in [6.07, 6.45) is -0.159. The van der Waals surface area contributed by atoms with E-state index in [1.54, 1.807) is 37.3 Å². The number of halogens is 1. The lowest BCUT2D eigenvalue weighted by atomic mass is 10.2. The Bertz CT molecular complexity index is 919. The molecule has 0 aliphatic carbocycles. The molecule has 0 aliphatic rings. The molecule has 0 radical (unpaired) electrons. The molecule has 1 unspecified atom stereocenters. The fourth-order valence-electron chi connectivity index (χ4n) is 2.33. The first-order chi connectivity index (χ1) is 13.8. The summed E-state index contributed by atoms with van der Waals surface area (Å²) in [5.41, 5.74) is -0.356. The van der Waals surface area contributed by atoms with Gasteiger partial charge in [-0.2, -0.15) is 4.39 Å². The highest BCUT2D eigenvalue weighted by molar-refractivity contribution is 5.95. The largest absolute Gasteiger partial charge is 0.455 e. The number of ether oxygens (including phenoxy) is 1. The van der Waals surface area contributed by atoms with E-state index >= 15 is 0 Å². The van der Waals surface area contributed by atoms with Crippen molar-refractivity contribution in [1.82, 2.24) is 5.32 Å². The molecule has 2 aromatic carbocycles. The van der Waals surface area contributed by atoms with Crippen LogP contribution in [0.3, 0.4) is 0 Å². The minimum atomic E-state index is -1.04. The Labute approximate surface area is 165 Å². The average Bonchev–Trinajstić information content (AvgIpc) is 2.68. The summed E-state index contributed by atoms with van der Waals surface area (Å²) in [4.78, 5) is 45.4. The van der Waals surface area contributed by atoms with Crippen LogP contribution in [0, 0.1) is 15.9 Å². The molecule has 2 aromatic rings. The zero-order chi connectivity index (χ0) is 21.4. The molecule has 0 heterocycles. The summed E-state index contributed by atoms with van der Waals surface area (Å²) in [6.45, 7) is 0.975. The van der Waals surface area contributed by atoms with Gasteiger partial charge >= 0.3 is 11.7 Å². The van der Waals surface area contributed by atoms with Crippen molar-refractivity contribution in [2.24, 2.45) is 0 Å². The number of nitro benzene ring substituents is 1. The lowest BCUT2D eigenvalue weighted by Gasteiger charge is -2.13. The van der Waals surface area contributed by atoms with Crippen molar-refractivity contribution in [3.05, 3.63) is 70.0 Å². The normalized spacial score (nSPS) is 11.2. The third-order valence-electron chi connectivity index (χ3n) is 3.68. The molecule has 10 heteroatoms. The number of nitrogens with one attached hydrogen (secondary N) is 2.